The Morgan fingerprint density at radius 2 is 1.97 bits per heavy atom. The van der Waals surface area contributed by atoms with E-state index < -0.39 is 57.7 Å². The van der Waals surface area contributed by atoms with Crippen LogP contribution in [0.15, 0.2) is 54.9 Å². The zero-order valence-electron chi connectivity index (χ0n) is 21.6. The molecule has 0 aliphatic heterocycles. The lowest BCUT2D eigenvalue weighted by Crippen LogP contribution is -2.18. The highest BCUT2D eigenvalue weighted by Gasteiger charge is 2.26. The number of halogens is 3. The van der Waals surface area contributed by atoms with Crippen molar-refractivity contribution in [1.82, 2.24) is 9.97 Å². The van der Waals surface area contributed by atoms with Crippen molar-refractivity contribution in [2.75, 3.05) is 10.4 Å². The van der Waals surface area contributed by atoms with Crippen molar-refractivity contribution in [3.63, 3.8) is 0 Å². The number of nitrogens with one attached hydrogen (secondary N) is 2. The molecule has 0 spiro atoms. The standard InChI is InChI=1S/C23H18ClF2N3O3S/c1-2-9-33(31,32)29-19-8-7-18(25)20(21(19)26)22(30)17-12-28-23-16(17)10-14(11-27-23)13-3-5-15(24)6-4-13/h3-8,10-12,29H,2,9H2,1H3,(H,27,28)/i1D3,9D2. The number of hydrogen-bond acceptors (Lipinski definition) is 4. The molecule has 4 aromatic rings. The molecule has 0 atom stereocenters. The van der Waals surface area contributed by atoms with Crippen molar-refractivity contribution in [1.29, 1.82) is 0 Å². The third kappa shape index (κ3) is 4.60. The van der Waals surface area contributed by atoms with E-state index >= 15 is 4.39 Å². The maximum atomic E-state index is 15.4. The summed E-state index contributed by atoms with van der Waals surface area (Å²) in [5.74, 6) is -4.02. The lowest BCUT2D eigenvalue weighted by Gasteiger charge is -2.11. The maximum Gasteiger partial charge on any atom is 0.232 e. The molecule has 4 rings (SSSR count). The van der Waals surface area contributed by atoms with Crippen LogP contribution in [0.5, 0.6) is 0 Å². The van der Waals surface area contributed by atoms with E-state index in [9.17, 15) is 17.6 Å². The third-order valence-electron chi connectivity index (χ3n) is 4.78. The quantitative estimate of drug-likeness (QED) is 0.330. The number of rotatable bonds is 7. The number of sulfonamides is 1. The number of nitrogens with zero attached hydrogens (tertiary/aromatic N) is 1. The van der Waals surface area contributed by atoms with E-state index in [0.717, 1.165) is 0 Å². The molecule has 10 heteroatoms. The Labute approximate surface area is 200 Å². The molecule has 2 N–H and O–H groups in total. The van der Waals surface area contributed by atoms with Crippen LogP contribution in [0.1, 0.15) is 36.0 Å². The van der Waals surface area contributed by atoms with Crippen LogP contribution in [0, 0.1) is 11.6 Å². The number of hydrogen-bond donors (Lipinski definition) is 2. The molecule has 6 nitrogen and oxygen atoms in total. The summed E-state index contributed by atoms with van der Waals surface area (Å²) >= 11 is 5.92. The largest absolute Gasteiger partial charge is 0.345 e. The summed E-state index contributed by atoms with van der Waals surface area (Å²) in [7, 11) is -5.13. The van der Waals surface area contributed by atoms with Gasteiger partial charge < -0.3 is 4.98 Å². The van der Waals surface area contributed by atoms with Gasteiger partial charge in [0, 0.05) is 40.8 Å². The smallest absolute Gasteiger partial charge is 0.232 e. The number of carbonyl (C=O) groups is 1. The van der Waals surface area contributed by atoms with Crippen molar-refractivity contribution >= 4 is 44.1 Å². The zero-order chi connectivity index (χ0) is 28.0. The summed E-state index contributed by atoms with van der Waals surface area (Å²) in [5.41, 5.74) is -3.96. The summed E-state index contributed by atoms with van der Waals surface area (Å²) in [5, 5.41) is 0.745. The van der Waals surface area contributed by atoms with E-state index in [2.05, 4.69) is 9.97 Å². The van der Waals surface area contributed by atoms with Gasteiger partial charge in [-0.3, -0.25) is 9.52 Å². The van der Waals surface area contributed by atoms with E-state index in [1.54, 1.807) is 35.1 Å². The van der Waals surface area contributed by atoms with Gasteiger partial charge in [0.25, 0.3) is 0 Å². The van der Waals surface area contributed by atoms with Crippen LogP contribution in [0.25, 0.3) is 22.2 Å². The Balaban J connectivity index is 1.74. The van der Waals surface area contributed by atoms with Gasteiger partial charge in [-0.1, -0.05) is 30.6 Å². The monoisotopic (exact) mass is 494 g/mol. The van der Waals surface area contributed by atoms with E-state index in [4.69, 9.17) is 18.5 Å². The van der Waals surface area contributed by atoms with Crippen LogP contribution in [0.3, 0.4) is 0 Å². The lowest BCUT2D eigenvalue weighted by atomic mass is 10.00. The molecule has 0 saturated heterocycles. The summed E-state index contributed by atoms with van der Waals surface area (Å²) in [6.07, 6.45) is 1.35. The van der Waals surface area contributed by atoms with Crippen LogP contribution in [-0.4, -0.2) is 29.9 Å². The highest BCUT2D eigenvalue weighted by molar-refractivity contribution is 7.92. The van der Waals surface area contributed by atoms with Gasteiger partial charge in [-0.05, 0) is 42.3 Å². The fraction of sp³-hybridized carbons (Fsp3) is 0.130. The SMILES string of the molecule is [2H]C([2H])([2H])CC([2H])([2H])S(=O)(=O)Nc1ccc(F)c(C(=O)c2c[nH]c3ncc(-c4ccc(Cl)cc4)cc23)c1F. The topological polar surface area (TPSA) is 91.9 Å². The van der Waals surface area contributed by atoms with Crippen LogP contribution in [0.4, 0.5) is 14.5 Å². The second-order valence-corrected chi connectivity index (χ2v) is 8.81. The van der Waals surface area contributed by atoms with E-state index in [1.165, 1.54) is 12.4 Å². The van der Waals surface area contributed by atoms with Crippen molar-refractivity contribution in [3.8, 4) is 11.1 Å². The molecule has 0 saturated carbocycles. The first-order valence-corrected chi connectivity index (χ1v) is 11.2. The van der Waals surface area contributed by atoms with Crippen molar-refractivity contribution in [2.24, 2.45) is 0 Å². The van der Waals surface area contributed by atoms with Gasteiger partial charge >= 0.3 is 0 Å². The molecule has 2 aromatic carbocycles. The van der Waals surface area contributed by atoms with Crippen molar-refractivity contribution in [2.45, 2.75) is 13.3 Å². The molecule has 0 amide bonds. The number of H-pyrrole nitrogens is 1. The van der Waals surface area contributed by atoms with E-state index in [-0.39, 0.29) is 16.6 Å². The average molecular weight is 495 g/mol. The number of aromatic amines is 1. The maximum absolute atomic E-state index is 15.4. The molecule has 0 aliphatic rings. The molecule has 33 heavy (non-hydrogen) atoms. The Morgan fingerprint density at radius 1 is 1.21 bits per heavy atom. The van der Waals surface area contributed by atoms with Crippen LogP contribution >= 0.6 is 11.6 Å². The number of ketones is 1. The van der Waals surface area contributed by atoms with Crippen LogP contribution in [0.2, 0.25) is 5.02 Å². The molecular formula is C23H18ClF2N3O3S. The Hall–Kier alpha value is -3.30. The Bertz CT molecular complexity index is 1660. The average Bonchev–Trinajstić information content (AvgIpc) is 3.23. The molecule has 2 aromatic heterocycles. The summed E-state index contributed by atoms with van der Waals surface area (Å²) in [6, 6.07) is 9.64. The molecule has 0 unspecified atom stereocenters. The fourth-order valence-electron chi connectivity index (χ4n) is 3.24. The van der Waals surface area contributed by atoms with Gasteiger partial charge in [0.05, 0.1) is 17.0 Å². The fourth-order valence-corrected chi connectivity index (χ4v) is 4.08. The van der Waals surface area contributed by atoms with Gasteiger partial charge in [-0.2, -0.15) is 0 Å². The highest BCUT2D eigenvalue weighted by atomic mass is 35.5. The number of aromatic nitrogens is 2. The second-order valence-electron chi connectivity index (χ2n) is 6.87. The normalized spacial score (nSPS) is 14.7. The number of fused-ring (bicyclic) bond motifs is 1. The summed E-state index contributed by atoms with van der Waals surface area (Å²) in [4.78, 5) is 20.3. The molecule has 2 heterocycles. The molecular weight excluding hydrogens is 472 g/mol. The molecule has 0 fully saturated rings. The van der Waals surface area contributed by atoms with Gasteiger partial charge in [-0.25, -0.2) is 22.2 Å². The zero-order valence-corrected chi connectivity index (χ0v) is 18.2. The van der Waals surface area contributed by atoms with Gasteiger partial charge in [0.2, 0.25) is 15.8 Å². The van der Waals surface area contributed by atoms with Gasteiger partial charge in [-0.15, -0.1) is 0 Å². The third-order valence-corrected chi connectivity index (χ3v) is 6.04. The van der Waals surface area contributed by atoms with E-state index in [1.807, 2.05) is 0 Å². The molecule has 0 aliphatic carbocycles. The predicted octanol–water partition coefficient (Wildman–Crippen LogP) is 5.54. The number of anilines is 1. The minimum Gasteiger partial charge on any atom is -0.345 e. The first kappa shape index (κ1) is 17.2. The van der Waals surface area contributed by atoms with Crippen molar-refractivity contribution in [3.05, 3.63) is 82.6 Å². The Kier molecular flexibility index (Phi) is 4.65. The highest BCUT2D eigenvalue weighted by Crippen LogP contribution is 2.30. The van der Waals surface area contributed by atoms with Crippen molar-refractivity contribution < 1.29 is 28.8 Å². The molecule has 0 radical (unpaired) electrons. The minimum absolute atomic E-state index is 0.154. The number of benzene rings is 2. The second kappa shape index (κ2) is 8.92. The lowest BCUT2D eigenvalue weighted by molar-refractivity contribution is 0.103. The first-order chi connectivity index (χ1) is 17.6. The number of carbonyl (C=O) groups excluding carboxylic acids is 1. The van der Waals surface area contributed by atoms with Crippen LogP contribution in [-0.2, 0) is 10.0 Å². The molecule has 170 valence electrons. The minimum atomic E-state index is -5.13. The summed E-state index contributed by atoms with van der Waals surface area (Å²) < 4.78 is 93.5. The van der Waals surface area contributed by atoms with Crippen LogP contribution < -0.4 is 4.72 Å². The first-order valence-electron chi connectivity index (χ1n) is 11.9. The number of pyridine rings is 1. The molecule has 0 bridgehead atoms. The predicted molar refractivity (Wildman–Crippen MR) is 124 cm³/mol. The van der Waals surface area contributed by atoms with Gasteiger partial charge in [0.15, 0.2) is 5.82 Å². The summed E-state index contributed by atoms with van der Waals surface area (Å²) in [6.45, 7) is -2.95. The van der Waals surface area contributed by atoms with Gasteiger partial charge in [0.1, 0.15) is 11.5 Å². The van der Waals surface area contributed by atoms with E-state index in [0.29, 0.717) is 28.3 Å². The Morgan fingerprint density at radius 3 is 2.70 bits per heavy atom.